The second kappa shape index (κ2) is 5.76. The highest BCUT2D eigenvalue weighted by Gasteiger charge is 2.25. The molecular formula is C13H14Cl2N2O2S. The van der Waals surface area contributed by atoms with Crippen molar-refractivity contribution in [3.63, 3.8) is 0 Å². The summed E-state index contributed by atoms with van der Waals surface area (Å²) in [6, 6.07) is 7.85. The van der Waals surface area contributed by atoms with Crippen LogP contribution in [-0.2, 0) is 22.0 Å². The lowest BCUT2D eigenvalue weighted by atomic mass is 10.1. The molecule has 2 aromatic rings. The minimum atomic E-state index is -3.90. The number of benzene rings is 1. The van der Waals surface area contributed by atoms with E-state index in [2.05, 4.69) is 5.10 Å². The Labute approximate surface area is 127 Å². The molecule has 0 aliphatic rings. The summed E-state index contributed by atoms with van der Waals surface area (Å²) in [5, 5.41) is 4.29. The zero-order valence-electron chi connectivity index (χ0n) is 11.1. The predicted molar refractivity (Wildman–Crippen MR) is 79.9 cm³/mol. The Morgan fingerprint density at radius 1 is 1.35 bits per heavy atom. The Bertz CT molecular complexity index is 739. The highest BCUT2D eigenvalue weighted by atomic mass is 35.7. The topological polar surface area (TPSA) is 52.0 Å². The number of aryl methyl sites for hydroxylation is 2. The van der Waals surface area contributed by atoms with Crippen molar-refractivity contribution in [2.24, 2.45) is 0 Å². The molecule has 1 aromatic heterocycles. The SMILES string of the molecule is CCc1nn(Cc2cccc(C)c2)c(Cl)c1S(=O)(=O)Cl. The van der Waals surface area contributed by atoms with Crippen LogP contribution in [0.1, 0.15) is 23.7 Å². The molecule has 0 saturated heterocycles. The summed E-state index contributed by atoms with van der Waals surface area (Å²) in [5.41, 5.74) is 2.50. The fraction of sp³-hybridized carbons (Fsp3) is 0.308. The van der Waals surface area contributed by atoms with E-state index in [4.69, 9.17) is 22.3 Å². The second-order valence-corrected chi connectivity index (χ2v) is 7.37. The van der Waals surface area contributed by atoms with Crippen LogP contribution in [0, 0.1) is 6.92 Å². The molecular weight excluding hydrogens is 319 g/mol. The van der Waals surface area contributed by atoms with Crippen LogP contribution >= 0.6 is 22.3 Å². The molecule has 0 aliphatic heterocycles. The zero-order chi connectivity index (χ0) is 14.9. The molecule has 4 nitrogen and oxygen atoms in total. The van der Waals surface area contributed by atoms with Crippen molar-refractivity contribution >= 4 is 31.3 Å². The van der Waals surface area contributed by atoms with Gasteiger partial charge in [0.25, 0.3) is 9.05 Å². The maximum atomic E-state index is 11.6. The van der Waals surface area contributed by atoms with Crippen LogP contribution in [0.5, 0.6) is 0 Å². The van der Waals surface area contributed by atoms with Gasteiger partial charge in [0.1, 0.15) is 10.0 Å². The van der Waals surface area contributed by atoms with Crippen molar-refractivity contribution in [1.82, 2.24) is 9.78 Å². The number of hydrogen-bond donors (Lipinski definition) is 0. The van der Waals surface area contributed by atoms with Gasteiger partial charge in [-0.05, 0) is 18.9 Å². The van der Waals surface area contributed by atoms with Crippen molar-refractivity contribution in [1.29, 1.82) is 0 Å². The number of rotatable bonds is 4. The minimum absolute atomic E-state index is 0.0540. The minimum Gasteiger partial charge on any atom is -0.248 e. The van der Waals surface area contributed by atoms with E-state index in [9.17, 15) is 8.42 Å². The molecule has 0 radical (unpaired) electrons. The number of hydrogen-bond acceptors (Lipinski definition) is 3. The van der Waals surface area contributed by atoms with E-state index in [-0.39, 0.29) is 10.0 Å². The van der Waals surface area contributed by atoms with Gasteiger partial charge in [-0.1, -0.05) is 48.4 Å². The van der Waals surface area contributed by atoms with Gasteiger partial charge in [-0.15, -0.1) is 0 Å². The first-order chi connectivity index (χ1) is 9.32. The van der Waals surface area contributed by atoms with Crippen molar-refractivity contribution in [2.45, 2.75) is 31.7 Å². The van der Waals surface area contributed by atoms with Gasteiger partial charge in [0.15, 0.2) is 0 Å². The average Bonchev–Trinajstić information content (AvgIpc) is 2.66. The summed E-state index contributed by atoms with van der Waals surface area (Å²) in [5.74, 6) is 0. The third-order valence-electron chi connectivity index (χ3n) is 2.91. The molecule has 0 N–H and O–H groups in total. The summed E-state index contributed by atoms with van der Waals surface area (Å²) in [7, 11) is 1.52. The summed E-state index contributed by atoms with van der Waals surface area (Å²) >= 11 is 6.12. The van der Waals surface area contributed by atoms with Crippen LogP contribution in [0.2, 0.25) is 5.15 Å². The molecule has 2 rings (SSSR count). The lowest BCUT2D eigenvalue weighted by Gasteiger charge is -2.04. The summed E-state index contributed by atoms with van der Waals surface area (Å²) in [6.07, 6.45) is 0.446. The van der Waals surface area contributed by atoms with E-state index in [1.807, 2.05) is 31.2 Å². The lowest BCUT2D eigenvalue weighted by molar-refractivity contribution is 0.608. The van der Waals surface area contributed by atoms with E-state index in [0.29, 0.717) is 18.7 Å². The first-order valence-corrected chi connectivity index (χ1v) is 8.77. The number of halogens is 2. The monoisotopic (exact) mass is 332 g/mol. The standard InChI is InChI=1S/C13H14Cl2N2O2S/c1-3-11-12(20(15,18)19)13(14)17(16-11)8-10-6-4-5-9(2)7-10/h4-7H,3,8H2,1-2H3. The maximum absolute atomic E-state index is 11.6. The molecule has 0 spiro atoms. The van der Waals surface area contributed by atoms with Gasteiger partial charge < -0.3 is 0 Å². The van der Waals surface area contributed by atoms with Crippen LogP contribution < -0.4 is 0 Å². The molecule has 20 heavy (non-hydrogen) atoms. The van der Waals surface area contributed by atoms with Crippen LogP contribution in [0.3, 0.4) is 0 Å². The van der Waals surface area contributed by atoms with E-state index in [0.717, 1.165) is 11.1 Å². The molecule has 108 valence electrons. The van der Waals surface area contributed by atoms with Gasteiger partial charge in [0, 0.05) is 10.7 Å². The largest absolute Gasteiger partial charge is 0.266 e. The highest BCUT2D eigenvalue weighted by molar-refractivity contribution is 8.13. The molecule has 0 amide bonds. The van der Waals surface area contributed by atoms with Crippen LogP contribution in [0.25, 0.3) is 0 Å². The Kier molecular flexibility index (Phi) is 4.42. The highest BCUT2D eigenvalue weighted by Crippen LogP contribution is 2.29. The molecule has 0 unspecified atom stereocenters. The first-order valence-electron chi connectivity index (χ1n) is 6.08. The summed E-state index contributed by atoms with van der Waals surface area (Å²) < 4.78 is 24.6. The molecule has 0 aliphatic carbocycles. The summed E-state index contributed by atoms with van der Waals surface area (Å²) in [4.78, 5) is -0.0870. The number of aromatic nitrogens is 2. The Balaban J connectivity index is 2.46. The normalized spacial score (nSPS) is 11.8. The maximum Gasteiger partial charge on any atom is 0.266 e. The molecule has 1 heterocycles. The van der Waals surface area contributed by atoms with Gasteiger partial charge in [-0.2, -0.15) is 5.10 Å². The van der Waals surface area contributed by atoms with Crippen molar-refractivity contribution in [3.05, 3.63) is 46.2 Å². The smallest absolute Gasteiger partial charge is 0.248 e. The van der Waals surface area contributed by atoms with E-state index >= 15 is 0 Å². The third-order valence-corrected chi connectivity index (χ3v) is 4.79. The summed E-state index contributed by atoms with van der Waals surface area (Å²) in [6.45, 7) is 4.20. The van der Waals surface area contributed by atoms with Crippen LogP contribution in [0.4, 0.5) is 0 Å². The molecule has 1 aromatic carbocycles. The van der Waals surface area contributed by atoms with Crippen molar-refractivity contribution in [2.75, 3.05) is 0 Å². The van der Waals surface area contributed by atoms with E-state index in [1.165, 1.54) is 4.68 Å². The third kappa shape index (κ3) is 3.16. The quantitative estimate of drug-likeness (QED) is 0.806. The number of nitrogens with zero attached hydrogens (tertiary/aromatic N) is 2. The van der Waals surface area contributed by atoms with E-state index in [1.54, 1.807) is 6.92 Å². The molecule has 0 bridgehead atoms. The predicted octanol–water partition coefficient (Wildman–Crippen LogP) is 3.38. The fourth-order valence-electron chi connectivity index (χ4n) is 2.03. The Morgan fingerprint density at radius 3 is 2.55 bits per heavy atom. The van der Waals surface area contributed by atoms with Crippen LogP contribution in [0.15, 0.2) is 29.2 Å². The van der Waals surface area contributed by atoms with Gasteiger partial charge in [-0.3, -0.25) is 0 Å². The fourth-order valence-corrected chi connectivity index (χ4v) is 3.92. The second-order valence-electron chi connectivity index (χ2n) is 4.50. The van der Waals surface area contributed by atoms with Gasteiger partial charge in [-0.25, -0.2) is 13.1 Å². The first kappa shape index (κ1) is 15.4. The van der Waals surface area contributed by atoms with Gasteiger partial charge in [0.05, 0.1) is 12.2 Å². The zero-order valence-corrected chi connectivity index (χ0v) is 13.4. The van der Waals surface area contributed by atoms with Crippen LogP contribution in [-0.4, -0.2) is 18.2 Å². The molecule has 7 heteroatoms. The van der Waals surface area contributed by atoms with E-state index < -0.39 is 9.05 Å². The molecule has 0 atom stereocenters. The molecule has 0 fully saturated rings. The Morgan fingerprint density at radius 2 is 2.05 bits per heavy atom. The molecule has 0 saturated carbocycles. The lowest BCUT2D eigenvalue weighted by Crippen LogP contribution is -2.02. The average molecular weight is 333 g/mol. The van der Waals surface area contributed by atoms with Gasteiger partial charge in [0.2, 0.25) is 0 Å². The van der Waals surface area contributed by atoms with Gasteiger partial charge >= 0.3 is 0 Å². The van der Waals surface area contributed by atoms with Crippen molar-refractivity contribution in [3.8, 4) is 0 Å². The van der Waals surface area contributed by atoms with Crippen molar-refractivity contribution < 1.29 is 8.42 Å². The Hall–Kier alpha value is -1.04.